The molecule has 1 unspecified atom stereocenters. The molecule has 1 spiro atoms. The van der Waals surface area contributed by atoms with Gasteiger partial charge < -0.3 is 9.73 Å². The van der Waals surface area contributed by atoms with Crippen molar-refractivity contribution in [2.45, 2.75) is 75.8 Å². The van der Waals surface area contributed by atoms with Gasteiger partial charge in [0, 0.05) is 32.9 Å². The smallest absolute Gasteiger partial charge is 0.145 e. The van der Waals surface area contributed by atoms with Crippen LogP contribution in [0, 0.1) is 0 Å². The number of hydrogen-bond donors (Lipinski definition) is 1. The second-order valence-electron chi connectivity index (χ2n) is 17.7. The minimum absolute atomic E-state index is 0.0223. The van der Waals surface area contributed by atoms with E-state index in [2.05, 4.69) is 153 Å². The van der Waals surface area contributed by atoms with E-state index in [9.17, 15) is 0 Å². The molecule has 282 valence electrons. The van der Waals surface area contributed by atoms with Gasteiger partial charge in [-0.15, -0.1) is 0 Å². The Bertz CT molecular complexity index is 2980. The Morgan fingerprint density at radius 1 is 0.586 bits per heavy atom. The predicted molar refractivity (Wildman–Crippen MR) is 240 cm³/mol. The van der Waals surface area contributed by atoms with Gasteiger partial charge in [-0.2, -0.15) is 0 Å². The van der Waals surface area contributed by atoms with E-state index in [0.29, 0.717) is 0 Å². The van der Waals surface area contributed by atoms with Gasteiger partial charge in [0.05, 0.1) is 5.71 Å². The number of aliphatic imine (C=N–C) groups is 1. The van der Waals surface area contributed by atoms with Gasteiger partial charge in [-0.05, 0) is 135 Å². The number of hydrogen-bond acceptors (Lipinski definition) is 3. The van der Waals surface area contributed by atoms with Crippen molar-refractivity contribution in [2.24, 2.45) is 4.99 Å². The average molecular weight is 751 g/mol. The van der Waals surface area contributed by atoms with Crippen LogP contribution in [0.1, 0.15) is 92.2 Å². The standard InChI is InChI=1S/C55H46N2O/c1-54(2)45-17-9-7-15-39(45)43-32-48-44(31-47(43)54)42-29-37(24-26-46(42)55(48)27-11-4-12-28-55)34-19-21-35(22-20-34)49-33-50(57-53(56-49)36-13-5-3-6-14-36)38-23-25-41-40-16-8-10-18-51(40)58-52(41)30-38/h5,7-10,13-26,29-33,53,57H,3-4,6,11-12,27-28H2,1-2H3. The zero-order chi connectivity index (χ0) is 38.6. The van der Waals surface area contributed by atoms with Crippen LogP contribution in [0.5, 0.6) is 0 Å². The predicted octanol–water partition coefficient (Wildman–Crippen LogP) is 13.8. The molecule has 0 saturated heterocycles. The molecule has 58 heavy (non-hydrogen) atoms. The van der Waals surface area contributed by atoms with Gasteiger partial charge in [-0.1, -0.05) is 136 Å². The van der Waals surface area contributed by atoms with Crippen LogP contribution >= 0.6 is 0 Å². The maximum Gasteiger partial charge on any atom is 0.145 e. The van der Waals surface area contributed by atoms with E-state index < -0.39 is 0 Å². The Morgan fingerprint density at radius 3 is 2.17 bits per heavy atom. The molecule has 7 aromatic rings. The lowest BCUT2D eigenvalue weighted by molar-refractivity contribution is 0.353. The molecule has 1 aromatic heterocycles. The highest BCUT2D eigenvalue weighted by Crippen LogP contribution is 2.60. The normalized spacial score (nSPS) is 19.6. The van der Waals surface area contributed by atoms with Gasteiger partial charge >= 0.3 is 0 Å². The van der Waals surface area contributed by atoms with Gasteiger partial charge in [-0.25, -0.2) is 0 Å². The first kappa shape index (κ1) is 33.9. The summed E-state index contributed by atoms with van der Waals surface area (Å²) in [5.74, 6) is 0. The maximum absolute atomic E-state index is 6.31. The summed E-state index contributed by atoms with van der Waals surface area (Å²) in [6, 6.07) is 45.6. The molecular weight excluding hydrogens is 705 g/mol. The van der Waals surface area contributed by atoms with Gasteiger partial charge in [0.1, 0.15) is 17.3 Å². The van der Waals surface area contributed by atoms with Crippen LogP contribution in [0.4, 0.5) is 0 Å². The number of allylic oxidation sites excluding steroid dienone is 3. The highest BCUT2D eigenvalue weighted by Gasteiger charge is 2.46. The maximum atomic E-state index is 6.31. The van der Waals surface area contributed by atoms with E-state index in [1.54, 1.807) is 5.56 Å². The summed E-state index contributed by atoms with van der Waals surface area (Å²) in [5.41, 5.74) is 21.6. The zero-order valence-electron chi connectivity index (χ0n) is 33.2. The van der Waals surface area contributed by atoms with Crippen molar-refractivity contribution in [1.29, 1.82) is 0 Å². The number of furan rings is 1. The molecule has 1 fully saturated rings. The number of nitrogens with zero attached hydrogens (tertiary/aromatic N) is 1. The number of para-hydroxylation sites is 1. The van der Waals surface area contributed by atoms with Gasteiger partial charge in [-0.3, -0.25) is 4.99 Å². The molecule has 12 rings (SSSR count). The van der Waals surface area contributed by atoms with Gasteiger partial charge in [0.2, 0.25) is 0 Å². The Labute approximate surface area is 340 Å². The Hall–Kier alpha value is -6.19. The fraction of sp³-hybridized carbons (Fsp3) is 0.218. The molecule has 1 aliphatic heterocycles. The highest BCUT2D eigenvalue weighted by molar-refractivity contribution is 6.14. The zero-order valence-corrected chi connectivity index (χ0v) is 33.2. The van der Waals surface area contributed by atoms with Crippen LogP contribution in [-0.2, 0) is 10.8 Å². The number of nitrogens with one attached hydrogen (secondary N) is 1. The summed E-state index contributed by atoms with van der Waals surface area (Å²) >= 11 is 0. The molecule has 3 heteroatoms. The quantitative estimate of drug-likeness (QED) is 0.194. The lowest BCUT2D eigenvalue weighted by Crippen LogP contribution is -2.32. The van der Waals surface area contributed by atoms with Crippen LogP contribution in [-0.4, -0.2) is 11.9 Å². The molecule has 2 heterocycles. The molecule has 1 N–H and O–H groups in total. The average Bonchev–Trinajstić information content (AvgIpc) is 3.86. The fourth-order valence-corrected chi connectivity index (χ4v) is 11.1. The molecule has 6 aromatic carbocycles. The van der Waals surface area contributed by atoms with Gasteiger partial charge in [0.15, 0.2) is 0 Å². The molecule has 3 nitrogen and oxygen atoms in total. The second kappa shape index (κ2) is 12.7. The second-order valence-corrected chi connectivity index (χ2v) is 17.7. The van der Waals surface area contributed by atoms with Crippen LogP contribution < -0.4 is 5.32 Å². The first-order valence-electron chi connectivity index (χ1n) is 21.3. The molecule has 1 saturated carbocycles. The molecule has 1 atom stereocenters. The Balaban J connectivity index is 0.923. The Morgan fingerprint density at radius 2 is 1.31 bits per heavy atom. The largest absolute Gasteiger partial charge is 0.456 e. The minimum atomic E-state index is -0.166. The molecular formula is C55H46N2O. The van der Waals surface area contributed by atoms with Gasteiger partial charge in [0.25, 0.3) is 0 Å². The van der Waals surface area contributed by atoms with Crippen molar-refractivity contribution in [2.75, 3.05) is 0 Å². The summed E-state index contributed by atoms with van der Waals surface area (Å²) in [6.45, 7) is 4.81. The van der Waals surface area contributed by atoms with E-state index in [-0.39, 0.29) is 17.0 Å². The molecule has 0 amide bonds. The lowest BCUT2D eigenvalue weighted by Gasteiger charge is -2.36. The van der Waals surface area contributed by atoms with Crippen molar-refractivity contribution >= 4 is 33.3 Å². The van der Waals surface area contributed by atoms with E-state index in [0.717, 1.165) is 57.3 Å². The molecule has 0 radical (unpaired) electrons. The summed E-state index contributed by atoms with van der Waals surface area (Å²) < 4.78 is 6.31. The van der Waals surface area contributed by atoms with Crippen LogP contribution in [0.25, 0.3) is 61.0 Å². The monoisotopic (exact) mass is 750 g/mol. The third-order valence-electron chi connectivity index (χ3n) is 14.2. The first-order chi connectivity index (χ1) is 28.4. The SMILES string of the molecule is CC1(C)c2ccccc2-c2cc3c(cc21)-c1cc(-c2ccc(C4=NC(C5=CCCC=C5)NC(c5ccc6c(c5)oc5ccccc56)=C4)cc2)ccc1C31CCCCC1. The number of benzene rings is 6. The first-order valence-corrected chi connectivity index (χ1v) is 21.3. The number of rotatable bonds is 4. The third kappa shape index (κ3) is 5.02. The van der Waals surface area contributed by atoms with E-state index >= 15 is 0 Å². The lowest BCUT2D eigenvalue weighted by atomic mass is 9.67. The van der Waals surface area contributed by atoms with Crippen molar-refractivity contribution in [3.63, 3.8) is 0 Å². The minimum Gasteiger partial charge on any atom is -0.456 e. The van der Waals surface area contributed by atoms with Crippen LogP contribution in [0.3, 0.4) is 0 Å². The van der Waals surface area contributed by atoms with Crippen molar-refractivity contribution < 1.29 is 4.42 Å². The van der Waals surface area contributed by atoms with Crippen molar-refractivity contribution in [3.05, 3.63) is 185 Å². The fourth-order valence-electron chi connectivity index (χ4n) is 11.1. The summed E-state index contributed by atoms with van der Waals surface area (Å²) in [7, 11) is 0. The highest BCUT2D eigenvalue weighted by atomic mass is 16.3. The third-order valence-corrected chi connectivity index (χ3v) is 14.2. The van der Waals surface area contributed by atoms with Crippen LogP contribution in [0.15, 0.2) is 161 Å². The van der Waals surface area contributed by atoms with E-state index in [4.69, 9.17) is 9.41 Å². The van der Waals surface area contributed by atoms with E-state index in [1.807, 2.05) is 12.1 Å². The molecule has 4 aliphatic carbocycles. The summed E-state index contributed by atoms with van der Waals surface area (Å²) in [5, 5.41) is 6.05. The summed E-state index contributed by atoms with van der Waals surface area (Å²) in [4.78, 5) is 5.31. The molecule has 0 bridgehead atoms. The van der Waals surface area contributed by atoms with Crippen molar-refractivity contribution in [1.82, 2.24) is 5.32 Å². The Kier molecular flexibility index (Phi) is 7.40. The topological polar surface area (TPSA) is 37.5 Å². The number of fused-ring (bicyclic) bond motifs is 11. The van der Waals surface area contributed by atoms with Crippen LogP contribution in [0.2, 0.25) is 0 Å². The van der Waals surface area contributed by atoms with E-state index in [1.165, 1.54) is 87.7 Å². The van der Waals surface area contributed by atoms with Crippen molar-refractivity contribution in [3.8, 4) is 33.4 Å². The summed E-state index contributed by atoms with van der Waals surface area (Å²) in [6.07, 6.45) is 17.3. The molecule has 5 aliphatic rings.